The van der Waals surface area contributed by atoms with Gasteiger partial charge in [-0.05, 0) is 127 Å². The van der Waals surface area contributed by atoms with E-state index >= 15 is 0 Å². The van der Waals surface area contributed by atoms with Gasteiger partial charge in [-0.2, -0.15) is 12.1 Å². The predicted molar refractivity (Wildman–Crippen MR) is 543 cm³/mol. The summed E-state index contributed by atoms with van der Waals surface area (Å²) in [5, 5.41) is 11.2. The molecule has 10 aromatic carbocycles. The first-order chi connectivity index (χ1) is 59.6. The van der Waals surface area contributed by atoms with E-state index in [-0.39, 0.29) is 57.0 Å². The number of aromatic nitrogens is 9. The van der Waals surface area contributed by atoms with E-state index in [2.05, 4.69) is 286 Å². The van der Waals surface area contributed by atoms with Gasteiger partial charge in [-0.15, -0.1) is 74.1 Å². The van der Waals surface area contributed by atoms with Crippen LogP contribution in [0.4, 0.5) is 17.2 Å². The molecule has 1 aliphatic rings. The number of anilines is 3. The minimum atomic E-state index is 0. The van der Waals surface area contributed by atoms with Crippen molar-refractivity contribution in [3.05, 3.63) is 327 Å². The molecule has 20 rings (SSSR count). The van der Waals surface area contributed by atoms with E-state index in [4.69, 9.17) is 29.9 Å². The van der Waals surface area contributed by atoms with Crippen LogP contribution in [0.2, 0.25) is 0 Å². The molecular formula is C112H132N10Pt2. The van der Waals surface area contributed by atoms with Gasteiger partial charge in [0.1, 0.15) is 23.3 Å². The topological polar surface area (TPSA) is 97.8 Å². The molecule has 0 saturated heterocycles. The van der Waals surface area contributed by atoms with Gasteiger partial charge in [0, 0.05) is 17.9 Å². The van der Waals surface area contributed by atoms with Gasteiger partial charge in [0.25, 0.3) is 0 Å². The fourth-order valence-electron chi connectivity index (χ4n) is 14.2. The summed E-state index contributed by atoms with van der Waals surface area (Å²) >= 11 is 0. The largest absolute Gasteiger partial charge is 2.00 e. The summed E-state index contributed by atoms with van der Waals surface area (Å²) in [5.41, 5.74) is 17.8. The van der Waals surface area contributed by atoms with Gasteiger partial charge in [-0.1, -0.05) is 403 Å². The number of hydrogen-bond acceptors (Lipinski definition) is 5. The van der Waals surface area contributed by atoms with E-state index in [1.54, 1.807) is 0 Å². The number of pyridine rings is 4. The van der Waals surface area contributed by atoms with Gasteiger partial charge in [-0.25, -0.2) is 19.9 Å². The summed E-state index contributed by atoms with van der Waals surface area (Å²) < 4.78 is 6.65. The van der Waals surface area contributed by atoms with Gasteiger partial charge in [0.15, 0.2) is 0 Å². The molecule has 19 aromatic rings. The van der Waals surface area contributed by atoms with Gasteiger partial charge in [0.05, 0.1) is 28.1 Å². The Morgan fingerprint density at radius 1 is 0.266 bits per heavy atom. The van der Waals surface area contributed by atoms with Crippen molar-refractivity contribution in [3.8, 4) is 40.0 Å². The zero-order valence-electron chi connectivity index (χ0n) is 76.1. The second-order valence-electron chi connectivity index (χ2n) is 24.0. The average molecular weight is 2010 g/mol. The molecule has 124 heavy (non-hydrogen) atoms. The number of para-hydroxylation sites is 8. The number of rotatable bonds is 6. The van der Waals surface area contributed by atoms with E-state index in [1.165, 1.54) is 0 Å². The zero-order chi connectivity index (χ0) is 87.2. The number of benzene rings is 10. The minimum Gasteiger partial charge on any atom is -0.656 e. The summed E-state index contributed by atoms with van der Waals surface area (Å²) in [6, 6.07) is 109. The fraction of sp³-hybridized carbons (Fsp3) is 0.232. The minimum absolute atomic E-state index is 0. The number of hydrogen-bond donors (Lipinski definition) is 0. The van der Waals surface area contributed by atoms with E-state index in [9.17, 15) is 0 Å². The maximum atomic E-state index is 5.37. The van der Waals surface area contributed by atoms with Crippen LogP contribution in [0, 0.1) is 12.1 Å². The number of fused-ring (bicyclic) bond motifs is 15. The van der Waals surface area contributed by atoms with Crippen LogP contribution in [0.3, 0.4) is 0 Å². The second kappa shape index (κ2) is 55.3. The molecule has 0 aliphatic carbocycles. The summed E-state index contributed by atoms with van der Waals surface area (Å²) in [5.74, 6) is 3.29. The molecule has 10 heterocycles. The standard InChI is InChI=1S/C44H27N5.C42H25N5.12C2H6.2CH4.2Pt/c1-5-18-38-29(11-1)22-24-31-27-32-25-23-30-12-2-6-19-39(30)49(41(32)28-40(31)48(38)42-20-7-8-26-45-42)43-21-10-17-37(46-43)35-15-9-14-34-33-13-3-4-16-36(33)47-44(34)35;1-5-18-36-27(11-1)22-23-28-25-33-30-13-3-6-19-37(30)47(40-20-7-8-24-43-40)39(33)26-38(28)46(36)41-21-10-17-35(44-41)32-15-9-14-31-29-12-2-4-16-34(29)45-42(31)32;12*1-2;;;;/h1-27H;1-25H;12*1-2H3;2*1H4;;/q2*-2;;;;;;;;;;;;;;;2*+2. The van der Waals surface area contributed by atoms with Crippen LogP contribution < -0.4 is 14.9 Å². The summed E-state index contributed by atoms with van der Waals surface area (Å²) in [7, 11) is 0. The first kappa shape index (κ1) is 106. The third-order valence-electron chi connectivity index (χ3n) is 18.5. The van der Waals surface area contributed by atoms with Crippen molar-refractivity contribution in [2.75, 3.05) is 4.90 Å². The van der Waals surface area contributed by atoms with Crippen molar-refractivity contribution in [1.82, 2.24) is 43.6 Å². The fourth-order valence-corrected chi connectivity index (χ4v) is 14.2. The van der Waals surface area contributed by atoms with E-state index in [0.717, 1.165) is 177 Å². The van der Waals surface area contributed by atoms with E-state index in [0.29, 0.717) is 0 Å². The molecular weight excluding hydrogens is 1880 g/mol. The molecule has 0 atom stereocenters. The van der Waals surface area contributed by atoms with Crippen LogP contribution >= 0.6 is 0 Å². The zero-order valence-corrected chi connectivity index (χ0v) is 80.7. The Morgan fingerprint density at radius 3 is 1.11 bits per heavy atom. The molecule has 0 radical (unpaired) electrons. The monoisotopic (exact) mass is 2010 g/mol. The van der Waals surface area contributed by atoms with Crippen LogP contribution in [0.1, 0.15) is 192 Å². The molecule has 12 heteroatoms. The van der Waals surface area contributed by atoms with Crippen LogP contribution in [0.5, 0.6) is 0 Å². The molecule has 9 aromatic heterocycles. The average Bonchev–Trinajstić information content (AvgIpc) is 1.56. The Morgan fingerprint density at radius 2 is 0.629 bits per heavy atom. The molecule has 0 spiro atoms. The first-order valence-corrected chi connectivity index (χ1v) is 44.1. The smallest absolute Gasteiger partial charge is 0.656 e. The summed E-state index contributed by atoms with van der Waals surface area (Å²) in [4.78, 5) is 32.6. The maximum absolute atomic E-state index is 5.37. The van der Waals surface area contributed by atoms with Gasteiger partial charge >= 0.3 is 42.1 Å². The third-order valence-corrected chi connectivity index (χ3v) is 18.5. The molecule has 0 unspecified atom stereocenters. The Bertz CT molecular complexity index is 6440. The molecule has 0 bridgehead atoms. The molecule has 0 fully saturated rings. The normalized spacial score (nSPS) is 9.95. The van der Waals surface area contributed by atoms with Crippen molar-refractivity contribution in [2.24, 2.45) is 0 Å². The number of nitrogens with zero attached hydrogens (tertiary/aromatic N) is 10. The Kier molecular flexibility index (Phi) is 47.5. The molecule has 1 aliphatic heterocycles. The molecule has 0 amide bonds. The van der Waals surface area contributed by atoms with Crippen molar-refractivity contribution in [3.63, 3.8) is 0 Å². The van der Waals surface area contributed by atoms with Gasteiger partial charge in [0.2, 0.25) is 0 Å². The Labute approximate surface area is 770 Å². The van der Waals surface area contributed by atoms with Crippen LogP contribution in [-0.4, -0.2) is 33.6 Å². The molecule has 0 N–H and O–H groups in total. The second-order valence-corrected chi connectivity index (χ2v) is 24.0. The maximum Gasteiger partial charge on any atom is 2.00 e. The van der Waals surface area contributed by atoms with E-state index < -0.39 is 0 Å². The molecule has 0 saturated carbocycles. The van der Waals surface area contributed by atoms with Crippen molar-refractivity contribution >= 4 is 138 Å². The van der Waals surface area contributed by atoms with E-state index in [1.807, 2.05) is 227 Å². The Hall–Kier alpha value is -11.8. The Balaban J connectivity index is 0.000000504. The van der Waals surface area contributed by atoms with Crippen molar-refractivity contribution in [2.45, 2.75) is 181 Å². The predicted octanol–water partition coefficient (Wildman–Crippen LogP) is 34.4. The van der Waals surface area contributed by atoms with Gasteiger partial charge in [-0.3, -0.25) is 0 Å². The van der Waals surface area contributed by atoms with Crippen LogP contribution in [0.15, 0.2) is 304 Å². The quantitative estimate of drug-likeness (QED) is 0.153. The first-order valence-electron chi connectivity index (χ1n) is 44.1. The van der Waals surface area contributed by atoms with Crippen LogP contribution in [-0.2, 0) is 42.1 Å². The summed E-state index contributed by atoms with van der Waals surface area (Å²) in [6.45, 7) is 48.0. The van der Waals surface area contributed by atoms with Crippen molar-refractivity contribution < 1.29 is 42.1 Å². The summed E-state index contributed by atoms with van der Waals surface area (Å²) in [6.07, 6.45) is 8.06. The van der Waals surface area contributed by atoms with Gasteiger partial charge < -0.3 is 28.6 Å². The third kappa shape index (κ3) is 22.6. The van der Waals surface area contributed by atoms with Crippen LogP contribution in [0.25, 0.3) is 161 Å². The SMILES string of the molecule is C.C.CC.CC.CC.CC.CC.CC.CC.CC.CC.CC.CC.CC.[Pt+2].[Pt+2].[c-]1c2c(cc3c4ccccc4n(-c4ccccn4)c13)C=Cc1ccccc1N2c1cccc(-c2cccc3c2[n-]c2ccccc23)n1.[c-]1c2c(ccc3ccccc3n2-c2ccccn2)cc2ccc3ccccc3n(-c3cccc(-c4cccc5c4[n-]c4ccccc45)n3)c12. The van der Waals surface area contributed by atoms with Crippen molar-refractivity contribution in [1.29, 1.82) is 0 Å². The molecule has 650 valence electrons. The molecule has 10 nitrogen and oxygen atoms in total.